The molecule has 0 amide bonds. The molecule has 0 aromatic rings. The maximum atomic E-state index is 5.78. The topological polar surface area (TPSA) is 0 Å². The summed E-state index contributed by atoms with van der Waals surface area (Å²) >= 11 is 5.78. The van der Waals surface area contributed by atoms with Gasteiger partial charge < -0.3 is 0 Å². The van der Waals surface area contributed by atoms with E-state index >= 15 is 0 Å². The smallest absolute Gasteiger partial charge is 0.0251 e. The summed E-state index contributed by atoms with van der Waals surface area (Å²) in [6.45, 7) is 4.48. The molecular weight excluding hydrogens is 156 g/mol. The van der Waals surface area contributed by atoms with E-state index in [0.717, 1.165) is 11.8 Å². The Labute approximate surface area is 76.3 Å². The summed E-state index contributed by atoms with van der Waals surface area (Å²) in [6, 6.07) is 0. The molecule has 1 heteroatoms. The van der Waals surface area contributed by atoms with Crippen molar-refractivity contribution in [2.45, 2.75) is 52.4 Å². The van der Waals surface area contributed by atoms with Crippen LogP contribution in [0.4, 0.5) is 0 Å². The van der Waals surface area contributed by atoms with Gasteiger partial charge in [-0.3, -0.25) is 0 Å². The van der Waals surface area contributed by atoms with E-state index in [9.17, 15) is 0 Å². The van der Waals surface area contributed by atoms with Crippen LogP contribution in [-0.4, -0.2) is 5.88 Å². The lowest BCUT2D eigenvalue weighted by Gasteiger charge is -2.09. The first kappa shape index (κ1) is 11.3. The molecule has 0 aromatic carbocycles. The zero-order valence-corrected chi connectivity index (χ0v) is 8.66. The molecule has 0 radical (unpaired) electrons. The van der Waals surface area contributed by atoms with Crippen molar-refractivity contribution in [3.8, 4) is 0 Å². The van der Waals surface area contributed by atoms with Crippen molar-refractivity contribution >= 4 is 11.6 Å². The van der Waals surface area contributed by atoms with Gasteiger partial charge in [0.05, 0.1) is 0 Å². The second kappa shape index (κ2) is 8.39. The van der Waals surface area contributed by atoms with E-state index in [-0.39, 0.29) is 0 Å². The van der Waals surface area contributed by atoms with Gasteiger partial charge in [-0.2, -0.15) is 0 Å². The first-order chi connectivity index (χ1) is 5.35. The molecule has 0 heterocycles. The van der Waals surface area contributed by atoms with Crippen molar-refractivity contribution in [3.05, 3.63) is 0 Å². The van der Waals surface area contributed by atoms with E-state index in [1.54, 1.807) is 0 Å². The Hall–Kier alpha value is 0.290. The molecule has 0 aliphatic rings. The van der Waals surface area contributed by atoms with Gasteiger partial charge in [0, 0.05) is 5.88 Å². The Bertz CT molecular complexity index is 67.3. The number of alkyl halides is 1. The summed E-state index contributed by atoms with van der Waals surface area (Å²) in [5.74, 6) is 1.62. The standard InChI is InChI=1S/C10H21Cl/c1-3-5-6-7-8-10(4-2)9-11/h10H,3-9H2,1-2H3. The molecule has 11 heavy (non-hydrogen) atoms. The highest BCUT2D eigenvalue weighted by Gasteiger charge is 2.02. The summed E-state index contributed by atoms with van der Waals surface area (Å²) in [5.41, 5.74) is 0. The minimum absolute atomic E-state index is 0.772. The minimum Gasteiger partial charge on any atom is -0.126 e. The van der Waals surface area contributed by atoms with Gasteiger partial charge in [-0.15, -0.1) is 11.6 Å². The maximum Gasteiger partial charge on any atom is 0.0251 e. The van der Waals surface area contributed by atoms with Gasteiger partial charge >= 0.3 is 0 Å². The van der Waals surface area contributed by atoms with Crippen LogP contribution in [0.2, 0.25) is 0 Å². The Morgan fingerprint density at radius 3 is 2.27 bits per heavy atom. The molecule has 1 unspecified atom stereocenters. The fraction of sp³-hybridized carbons (Fsp3) is 1.00. The first-order valence-electron chi connectivity index (χ1n) is 4.91. The molecule has 0 bridgehead atoms. The monoisotopic (exact) mass is 176 g/mol. The van der Waals surface area contributed by atoms with Gasteiger partial charge in [0.25, 0.3) is 0 Å². The number of unbranched alkanes of at least 4 members (excludes halogenated alkanes) is 3. The first-order valence-corrected chi connectivity index (χ1v) is 5.44. The molecule has 0 aliphatic carbocycles. The van der Waals surface area contributed by atoms with Crippen LogP contribution in [-0.2, 0) is 0 Å². The van der Waals surface area contributed by atoms with Crippen LogP contribution in [0.25, 0.3) is 0 Å². The van der Waals surface area contributed by atoms with E-state index < -0.39 is 0 Å². The van der Waals surface area contributed by atoms with Crippen molar-refractivity contribution in [2.75, 3.05) is 5.88 Å². The number of hydrogen-bond donors (Lipinski definition) is 0. The summed E-state index contributed by atoms with van der Waals surface area (Å²) in [4.78, 5) is 0. The molecule has 1 atom stereocenters. The Balaban J connectivity index is 3.07. The SMILES string of the molecule is CCCCCCC(CC)CCl. The fourth-order valence-electron chi connectivity index (χ4n) is 1.25. The lowest BCUT2D eigenvalue weighted by Crippen LogP contribution is -1.99. The van der Waals surface area contributed by atoms with Crippen molar-refractivity contribution in [3.63, 3.8) is 0 Å². The number of halogens is 1. The predicted octanol–water partition coefficient (Wildman–Crippen LogP) is 4.22. The molecule has 0 spiro atoms. The van der Waals surface area contributed by atoms with Crippen molar-refractivity contribution in [1.29, 1.82) is 0 Å². The van der Waals surface area contributed by atoms with Gasteiger partial charge in [-0.05, 0) is 12.3 Å². The summed E-state index contributed by atoms with van der Waals surface area (Å²) in [7, 11) is 0. The second-order valence-electron chi connectivity index (χ2n) is 3.28. The highest BCUT2D eigenvalue weighted by atomic mass is 35.5. The molecule has 0 aromatic heterocycles. The summed E-state index contributed by atoms with van der Waals surface area (Å²) in [5, 5.41) is 0. The van der Waals surface area contributed by atoms with Crippen molar-refractivity contribution < 1.29 is 0 Å². The Kier molecular flexibility index (Phi) is 8.61. The number of rotatable bonds is 7. The van der Waals surface area contributed by atoms with E-state index in [1.165, 1.54) is 38.5 Å². The quantitative estimate of drug-likeness (QED) is 0.403. The third kappa shape index (κ3) is 6.68. The average molecular weight is 177 g/mol. The molecule has 0 aliphatic heterocycles. The predicted molar refractivity (Wildman–Crippen MR) is 53.3 cm³/mol. The fourth-order valence-corrected chi connectivity index (χ4v) is 1.62. The Morgan fingerprint density at radius 2 is 1.82 bits per heavy atom. The van der Waals surface area contributed by atoms with Gasteiger partial charge in [-0.25, -0.2) is 0 Å². The second-order valence-corrected chi connectivity index (χ2v) is 3.59. The largest absolute Gasteiger partial charge is 0.126 e. The third-order valence-corrected chi connectivity index (χ3v) is 2.70. The van der Waals surface area contributed by atoms with Crippen LogP contribution < -0.4 is 0 Å². The third-order valence-electron chi connectivity index (χ3n) is 2.26. The van der Waals surface area contributed by atoms with Crippen LogP contribution >= 0.6 is 11.6 Å². The molecule has 0 fully saturated rings. The van der Waals surface area contributed by atoms with Crippen molar-refractivity contribution in [1.82, 2.24) is 0 Å². The highest BCUT2D eigenvalue weighted by Crippen LogP contribution is 2.15. The molecule has 0 nitrogen and oxygen atoms in total. The Morgan fingerprint density at radius 1 is 1.09 bits per heavy atom. The van der Waals surface area contributed by atoms with Crippen molar-refractivity contribution in [2.24, 2.45) is 5.92 Å². The lowest BCUT2D eigenvalue weighted by atomic mass is 10.0. The van der Waals surface area contributed by atoms with E-state index in [1.807, 2.05) is 0 Å². The summed E-state index contributed by atoms with van der Waals surface area (Å²) < 4.78 is 0. The molecular formula is C10H21Cl. The van der Waals surface area contributed by atoms with E-state index in [0.29, 0.717) is 0 Å². The normalized spacial score (nSPS) is 13.4. The van der Waals surface area contributed by atoms with Crippen LogP contribution in [0.15, 0.2) is 0 Å². The van der Waals surface area contributed by atoms with Gasteiger partial charge in [0.15, 0.2) is 0 Å². The van der Waals surface area contributed by atoms with Gasteiger partial charge in [0.2, 0.25) is 0 Å². The minimum atomic E-state index is 0.772. The van der Waals surface area contributed by atoms with E-state index in [4.69, 9.17) is 11.6 Å². The van der Waals surface area contributed by atoms with E-state index in [2.05, 4.69) is 13.8 Å². The van der Waals surface area contributed by atoms with Crippen LogP contribution in [0.3, 0.4) is 0 Å². The molecule has 0 saturated heterocycles. The van der Waals surface area contributed by atoms with Gasteiger partial charge in [0.1, 0.15) is 0 Å². The molecule has 0 rings (SSSR count). The average Bonchev–Trinajstić information content (AvgIpc) is 2.05. The van der Waals surface area contributed by atoms with Crippen LogP contribution in [0.5, 0.6) is 0 Å². The molecule has 0 N–H and O–H groups in total. The lowest BCUT2D eigenvalue weighted by molar-refractivity contribution is 0.482. The number of hydrogen-bond acceptors (Lipinski definition) is 0. The zero-order valence-electron chi connectivity index (χ0n) is 7.91. The highest BCUT2D eigenvalue weighted by molar-refractivity contribution is 6.18. The van der Waals surface area contributed by atoms with Crippen LogP contribution in [0.1, 0.15) is 52.4 Å². The van der Waals surface area contributed by atoms with Crippen LogP contribution in [0, 0.1) is 5.92 Å². The maximum absolute atomic E-state index is 5.78. The molecule has 68 valence electrons. The summed E-state index contributed by atoms with van der Waals surface area (Å²) in [6.07, 6.45) is 8.06. The zero-order chi connectivity index (χ0) is 8.53. The molecule has 0 saturated carbocycles. The van der Waals surface area contributed by atoms with Gasteiger partial charge in [-0.1, -0.05) is 46.0 Å².